The molecule has 0 saturated carbocycles. The van der Waals surface area contributed by atoms with Crippen LogP contribution in [0.15, 0.2) is 5.16 Å². The summed E-state index contributed by atoms with van der Waals surface area (Å²) in [4.78, 5) is 14.2. The zero-order valence-electron chi connectivity index (χ0n) is 5.03. The van der Waals surface area contributed by atoms with Crippen molar-refractivity contribution in [3.05, 3.63) is 0 Å². The van der Waals surface area contributed by atoms with Crippen LogP contribution in [0.4, 0.5) is 4.79 Å². The van der Waals surface area contributed by atoms with Crippen molar-refractivity contribution in [3.8, 4) is 0 Å². The van der Waals surface area contributed by atoms with Gasteiger partial charge in [0.05, 0.1) is 6.61 Å². The van der Waals surface area contributed by atoms with Crippen LogP contribution in [0.2, 0.25) is 0 Å². The van der Waals surface area contributed by atoms with Crippen molar-refractivity contribution in [2.75, 3.05) is 6.61 Å². The van der Waals surface area contributed by atoms with Gasteiger partial charge in [0, 0.05) is 0 Å². The maximum absolute atomic E-state index is 10.2. The first-order valence-electron chi connectivity index (χ1n) is 2.38. The Hall–Kier alpha value is -1.26. The number of nitrogens with zero attached hydrogens (tertiary/aromatic N) is 1. The number of rotatable bonds is 2. The molecular weight excluding hydrogens is 124 g/mol. The zero-order chi connectivity index (χ0) is 7.11. The molecule has 0 spiro atoms. The third-order valence-electron chi connectivity index (χ3n) is 0.450. The lowest BCUT2D eigenvalue weighted by Crippen LogP contribution is -2.03. The van der Waals surface area contributed by atoms with E-state index in [1.165, 1.54) is 0 Å². The van der Waals surface area contributed by atoms with E-state index in [2.05, 4.69) is 14.7 Å². The van der Waals surface area contributed by atoms with Gasteiger partial charge in [0.1, 0.15) is 6.34 Å². The quantitative estimate of drug-likeness (QED) is 0.189. The molecule has 0 aliphatic carbocycles. The van der Waals surface area contributed by atoms with E-state index in [1.807, 2.05) is 0 Å². The number of carbonyl (C=O) groups excluding carboxylic acids is 1. The van der Waals surface area contributed by atoms with Gasteiger partial charge >= 0.3 is 6.16 Å². The van der Waals surface area contributed by atoms with Crippen LogP contribution in [-0.4, -0.2) is 19.1 Å². The predicted octanol–water partition coefficient (Wildman–Crippen LogP) is 0.0615. The first-order chi connectivity index (χ1) is 4.31. The molecule has 52 valence electrons. The van der Waals surface area contributed by atoms with Gasteiger partial charge in [-0.25, -0.2) is 4.79 Å². The average molecular weight is 132 g/mol. The van der Waals surface area contributed by atoms with Gasteiger partial charge in [-0.2, -0.15) is 0 Å². The highest BCUT2D eigenvalue weighted by atomic mass is 16.8. The summed E-state index contributed by atoms with van der Waals surface area (Å²) in [5.41, 5.74) is 4.75. The average Bonchev–Trinajstić information content (AvgIpc) is 1.85. The molecule has 5 nitrogen and oxygen atoms in total. The molecule has 0 saturated heterocycles. The Bertz CT molecular complexity index is 112. The van der Waals surface area contributed by atoms with Gasteiger partial charge in [-0.15, -0.1) is 0 Å². The Balaban J connectivity index is 3.27. The van der Waals surface area contributed by atoms with Crippen LogP contribution >= 0.6 is 0 Å². The lowest BCUT2D eigenvalue weighted by molar-refractivity contribution is 0.0617. The summed E-state index contributed by atoms with van der Waals surface area (Å²) in [6, 6.07) is 0. The lowest BCUT2D eigenvalue weighted by atomic mass is 10.9. The topological polar surface area (TPSA) is 73.9 Å². The molecule has 0 radical (unpaired) electrons. The van der Waals surface area contributed by atoms with Crippen molar-refractivity contribution in [2.45, 2.75) is 6.92 Å². The summed E-state index contributed by atoms with van der Waals surface area (Å²) in [5, 5.41) is 2.97. The van der Waals surface area contributed by atoms with Gasteiger partial charge in [0.25, 0.3) is 0 Å². The van der Waals surface area contributed by atoms with Crippen LogP contribution in [0.3, 0.4) is 0 Å². The Morgan fingerprint density at radius 2 is 2.56 bits per heavy atom. The molecule has 0 aromatic rings. The molecule has 9 heavy (non-hydrogen) atoms. The molecule has 0 fully saturated rings. The molecule has 2 N–H and O–H groups in total. The fourth-order valence-corrected chi connectivity index (χ4v) is 0.218. The van der Waals surface area contributed by atoms with Gasteiger partial charge in [-0.3, -0.25) is 4.84 Å². The predicted molar refractivity (Wildman–Crippen MR) is 30.8 cm³/mol. The van der Waals surface area contributed by atoms with Gasteiger partial charge in [0.2, 0.25) is 0 Å². The van der Waals surface area contributed by atoms with E-state index in [0.29, 0.717) is 0 Å². The summed E-state index contributed by atoms with van der Waals surface area (Å²) in [5.74, 6) is 0. The van der Waals surface area contributed by atoms with Crippen LogP contribution in [0.25, 0.3) is 0 Å². The van der Waals surface area contributed by atoms with Gasteiger partial charge < -0.3 is 10.5 Å². The minimum absolute atomic E-state index is 0.263. The second-order valence-electron chi connectivity index (χ2n) is 1.03. The lowest BCUT2D eigenvalue weighted by Gasteiger charge is -1.94. The van der Waals surface area contributed by atoms with Gasteiger partial charge in [-0.1, -0.05) is 5.16 Å². The first kappa shape index (κ1) is 7.74. The number of nitrogens with two attached hydrogens (primary N) is 1. The summed E-state index contributed by atoms with van der Waals surface area (Å²) in [6.07, 6.45) is 0.0101. The highest BCUT2D eigenvalue weighted by Crippen LogP contribution is 1.82. The molecule has 0 bridgehead atoms. The molecular formula is C4H8N2O3. The van der Waals surface area contributed by atoms with E-state index in [9.17, 15) is 4.79 Å². The second-order valence-corrected chi connectivity index (χ2v) is 1.03. The molecule has 0 atom stereocenters. The smallest absolute Gasteiger partial charge is 0.433 e. The van der Waals surface area contributed by atoms with Crippen LogP contribution < -0.4 is 5.73 Å². The summed E-state index contributed by atoms with van der Waals surface area (Å²) in [6.45, 7) is 1.92. The molecule has 0 heterocycles. The first-order valence-corrected chi connectivity index (χ1v) is 2.38. The fraction of sp³-hybridized carbons (Fsp3) is 0.500. The molecule has 0 unspecified atom stereocenters. The van der Waals surface area contributed by atoms with Crippen molar-refractivity contribution in [2.24, 2.45) is 10.9 Å². The van der Waals surface area contributed by atoms with Crippen LogP contribution in [0.5, 0.6) is 0 Å². The van der Waals surface area contributed by atoms with Gasteiger partial charge in [0.15, 0.2) is 0 Å². The minimum atomic E-state index is -0.848. The maximum Gasteiger partial charge on any atom is 0.535 e. The fourth-order valence-electron chi connectivity index (χ4n) is 0.218. The number of hydrogen-bond donors (Lipinski definition) is 1. The third kappa shape index (κ3) is 4.60. The highest BCUT2D eigenvalue weighted by Gasteiger charge is 1.97. The van der Waals surface area contributed by atoms with E-state index in [-0.39, 0.29) is 6.61 Å². The molecule has 0 aliphatic rings. The summed E-state index contributed by atoms with van der Waals surface area (Å²) in [7, 11) is 0. The number of carbonyl (C=O) groups is 1. The maximum atomic E-state index is 10.2. The van der Waals surface area contributed by atoms with E-state index < -0.39 is 6.16 Å². The molecule has 0 rings (SSSR count). The van der Waals surface area contributed by atoms with Crippen LogP contribution in [0, 0.1) is 0 Å². The van der Waals surface area contributed by atoms with E-state index in [1.54, 1.807) is 6.92 Å². The molecule has 0 aliphatic heterocycles. The molecule has 0 aromatic carbocycles. The van der Waals surface area contributed by atoms with Crippen molar-refractivity contribution in [1.82, 2.24) is 0 Å². The Kier molecular flexibility index (Phi) is 4.20. The van der Waals surface area contributed by atoms with Crippen molar-refractivity contribution in [1.29, 1.82) is 0 Å². The number of ether oxygens (including phenoxy) is 1. The Morgan fingerprint density at radius 1 is 1.89 bits per heavy atom. The monoisotopic (exact) mass is 132 g/mol. The Morgan fingerprint density at radius 3 is 3.00 bits per heavy atom. The van der Waals surface area contributed by atoms with E-state index in [0.717, 1.165) is 6.34 Å². The second kappa shape index (κ2) is 4.89. The SMILES string of the molecule is CCOC(=O)O/N=C\N. The van der Waals surface area contributed by atoms with E-state index in [4.69, 9.17) is 5.73 Å². The largest absolute Gasteiger partial charge is 0.535 e. The summed E-state index contributed by atoms with van der Waals surface area (Å²) >= 11 is 0. The third-order valence-corrected chi connectivity index (χ3v) is 0.450. The van der Waals surface area contributed by atoms with Crippen molar-refractivity contribution >= 4 is 12.5 Å². The van der Waals surface area contributed by atoms with Crippen LogP contribution in [-0.2, 0) is 9.57 Å². The number of oxime groups is 1. The van der Waals surface area contributed by atoms with E-state index >= 15 is 0 Å². The minimum Gasteiger partial charge on any atom is -0.433 e. The van der Waals surface area contributed by atoms with Crippen molar-refractivity contribution in [3.63, 3.8) is 0 Å². The number of hydrogen-bond acceptors (Lipinski definition) is 4. The standard InChI is InChI=1S/C4H8N2O3/c1-2-8-4(7)9-6-3-5/h3H,2H2,1H3,(H2,5,6). The molecule has 5 heteroatoms. The van der Waals surface area contributed by atoms with Crippen molar-refractivity contribution < 1.29 is 14.4 Å². The van der Waals surface area contributed by atoms with Crippen LogP contribution in [0.1, 0.15) is 6.92 Å². The van der Waals surface area contributed by atoms with Gasteiger partial charge in [-0.05, 0) is 6.92 Å². The summed E-state index contributed by atoms with van der Waals surface area (Å²) < 4.78 is 4.31. The molecule has 0 aromatic heterocycles. The normalized spacial score (nSPS) is 9.44. The zero-order valence-corrected chi connectivity index (χ0v) is 5.03. The molecule has 0 amide bonds. The highest BCUT2D eigenvalue weighted by molar-refractivity contribution is 5.61. The Labute approximate surface area is 52.4 Å².